The molecule has 0 aliphatic rings. The van der Waals surface area contributed by atoms with E-state index in [1.807, 2.05) is 12.1 Å². The van der Waals surface area contributed by atoms with Crippen LogP contribution in [0.15, 0.2) is 59.2 Å². The van der Waals surface area contributed by atoms with Crippen molar-refractivity contribution in [2.24, 2.45) is 5.84 Å². The average molecular weight is 342 g/mol. The number of nitrogens with zero attached hydrogens (tertiary/aromatic N) is 1. The third kappa shape index (κ3) is 2.83. The van der Waals surface area contributed by atoms with E-state index < -0.39 is 0 Å². The molecule has 2 aromatic carbocycles. The van der Waals surface area contributed by atoms with Gasteiger partial charge < -0.3 is 0 Å². The molecule has 0 aliphatic carbocycles. The Kier molecular flexibility index (Phi) is 4.01. The van der Waals surface area contributed by atoms with Crippen LogP contribution in [-0.2, 0) is 0 Å². The SMILES string of the molecule is Cc1cc(C(NN)c2ccc3cccnc3c2)ccc1Br. The Bertz CT molecular complexity index is 786. The van der Waals surface area contributed by atoms with E-state index in [-0.39, 0.29) is 6.04 Å². The first-order chi connectivity index (χ1) is 10.2. The number of halogens is 1. The Morgan fingerprint density at radius 1 is 1.10 bits per heavy atom. The molecule has 1 atom stereocenters. The highest BCUT2D eigenvalue weighted by Crippen LogP contribution is 2.27. The number of hydrogen-bond donors (Lipinski definition) is 2. The van der Waals surface area contributed by atoms with Gasteiger partial charge in [-0.3, -0.25) is 10.8 Å². The molecule has 3 rings (SSSR count). The topological polar surface area (TPSA) is 50.9 Å². The van der Waals surface area contributed by atoms with Gasteiger partial charge in [-0.05, 0) is 41.8 Å². The van der Waals surface area contributed by atoms with Gasteiger partial charge in [0.05, 0.1) is 11.6 Å². The zero-order valence-electron chi connectivity index (χ0n) is 11.7. The lowest BCUT2D eigenvalue weighted by Gasteiger charge is -2.18. The van der Waals surface area contributed by atoms with Crippen LogP contribution in [0.1, 0.15) is 22.7 Å². The van der Waals surface area contributed by atoms with Crippen LogP contribution in [0.3, 0.4) is 0 Å². The summed E-state index contributed by atoms with van der Waals surface area (Å²) in [5.41, 5.74) is 7.30. The van der Waals surface area contributed by atoms with E-state index in [9.17, 15) is 0 Å². The Morgan fingerprint density at radius 2 is 1.86 bits per heavy atom. The zero-order valence-corrected chi connectivity index (χ0v) is 13.3. The number of nitrogens with two attached hydrogens (primary N) is 1. The predicted octanol–water partition coefficient (Wildman–Crippen LogP) is 3.86. The lowest BCUT2D eigenvalue weighted by atomic mass is 9.97. The Hall–Kier alpha value is -1.75. The number of nitrogens with one attached hydrogen (secondary N) is 1. The largest absolute Gasteiger partial charge is 0.271 e. The second-order valence-corrected chi connectivity index (χ2v) is 5.92. The van der Waals surface area contributed by atoms with Crippen LogP contribution in [0.25, 0.3) is 10.9 Å². The van der Waals surface area contributed by atoms with Gasteiger partial charge in [0.25, 0.3) is 0 Å². The minimum Gasteiger partial charge on any atom is -0.271 e. The quantitative estimate of drug-likeness (QED) is 0.561. The van der Waals surface area contributed by atoms with Crippen molar-refractivity contribution < 1.29 is 0 Å². The summed E-state index contributed by atoms with van der Waals surface area (Å²) in [5, 5.41) is 1.13. The third-order valence-corrected chi connectivity index (χ3v) is 4.54. The van der Waals surface area contributed by atoms with Crippen LogP contribution < -0.4 is 11.3 Å². The molecule has 0 saturated heterocycles. The smallest absolute Gasteiger partial charge is 0.0710 e. The molecule has 21 heavy (non-hydrogen) atoms. The van der Waals surface area contributed by atoms with Gasteiger partial charge in [0.1, 0.15) is 0 Å². The highest BCUT2D eigenvalue weighted by molar-refractivity contribution is 9.10. The number of hydrazine groups is 1. The molecule has 3 N–H and O–H groups in total. The summed E-state index contributed by atoms with van der Waals surface area (Å²) in [6.07, 6.45) is 1.81. The summed E-state index contributed by atoms with van der Waals surface area (Å²) in [5.74, 6) is 5.79. The fourth-order valence-corrected chi connectivity index (χ4v) is 2.74. The third-order valence-electron chi connectivity index (χ3n) is 3.65. The average Bonchev–Trinajstić information content (AvgIpc) is 2.51. The van der Waals surface area contributed by atoms with Crippen molar-refractivity contribution >= 4 is 26.8 Å². The van der Waals surface area contributed by atoms with Gasteiger partial charge in [-0.15, -0.1) is 0 Å². The van der Waals surface area contributed by atoms with Crippen LogP contribution in [0.4, 0.5) is 0 Å². The normalized spacial score (nSPS) is 12.5. The molecule has 0 fully saturated rings. The molecule has 0 bridgehead atoms. The molecule has 4 heteroatoms. The van der Waals surface area contributed by atoms with E-state index in [1.54, 1.807) is 6.20 Å². The van der Waals surface area contributed by atoms with E-state index in [0.717, 1.165) is 26.5 Å². The number of rotatable bonds is 3. The second-order valence-electron chi connectivity index (χ2n) is 5.06. The summed E-state index contributed by atoms with van der Waals surface area (Å²) >= 11 is 3.53. The van der Waals surface area contributed by atoms with Crippen molar-refractivity contribution in [2.45, 2.75) is 13.0 Å². The van der Waals surface area contributed by atoms with E-state index in [4.69, 9.17) is 5.84 Å². The van der Waals surface area contributed by atoms with Gasteiger partial charge in [0.15, 0.2) is 0 Å². The van der Waals surface area contributed by atoms with Crippen molar-refractivity contribution in [3.63, 3.8) is 0 Å². The van der Waals surface area contributed by atoms with Crippen molar-refractivity contribution in [3.8, 4) is 0 Å². The summed E-state index contributed by atoms with van der Waals surface area (Å²) in [7, 11) is 0. The molecule has 106 valence electrons. The number of pyridine rings is 1. The number of hydrogen-bond acceptors (Lipinski definition) is 3. The van der Waals surface area contributed by atoms with Crippen molar-refractivity contribution in [3.05, 3.63) is 75.9 Å². The first-order valence-electron chi connectivity index (χ1n) is 6.76. The van der Waals surface area contributed by atoms with Crippen LogP contribution >= 0.6 is 15.9 Å². The summed E-state index contributed by atoms with van der Waals surface area (Å²) in [6.45, 7) is 2.07. The molecule has 1 heterocycles. The summed E-state index contributed by atoms with van der Waals surface area (Å²) in [6, 6.07) is 16.5. The van der Waals surface area contributed by atoms with Crippen LogP contribution in [0.5, 0.6) is 0 Å². The Labute approximate surface area is 132 Å². The molecule has 0 amide bonds. The molecule has 3 aromatic rings. The van der Waals surface area contributed by atoms with E-state index >= 15 is 0 Å². The van der Waals surface area contributed by atoms with Crippen molar-refractivity contribution in [1.29, 1.82) is 0 Å². The molecule has 0 aliphatic heterocycles. The monoisotopic (exact) mass is 341 g/mol. The van der Waals surface area contributed by atoms with Crippen LogP contribution in [0.2, 0.25) is 0 Å². The van der Waals surface area contributed by atoms with Gasteiger partial charge in [-0.2, -0.15) is 0 Å². The van der Waals surface area contributed by atoms with E-state index in [0.29, 0.717) is 0 Å². The highest BCUT2D eigenvalue weighted by Gasteiger charge is 2.13. The second kappa shape index (κ2) is 5.93. The first-order valence-corrected chi connectivity index (χ1v) is 7.55. The zero-order chi connectivity index (χ0) is 14.8. The predicted molar refractivity (Wildman–Crippen MR) is 89.8 cm³/mol. The lowest BCUT2D eigenvalue weighted by molar-refractivity contribution is 0.637. The standard InChI is InChI=1S/C17H16BrN3/c1-11-9-13(6-7-15(11)18)17(21-19)14-5-4-12-3-2-8-20-16(12)10-14/h2-10,17,21H,19H2,1H3. The van der Waals surface area contributed by atoms with Crippen LogP contribution in [-0.4, -0.2) is 4.98 Å². The van der Waals surface area contributed by atoms with Gasteiger partial charge in [-0.1, -0.05) is 46.3 Å². The maximum atomic E-state index is 5.79. The summed E-state index contributed by atoms with van der Waals surface area (Å²) in [4.78, 5) is 4.41. The molecular formula is C17H16BrN3. The molecule has 1 unspecified atom stereocenters. The number of aryl methyl sites for hydroxylation is 1. The maximum Gasteiger partial charge on any atom is 0.0710 e. The fourth-order valence-electron chi connectivity index (χ4n) is 2.50. The lowest BCUT2D eigenvalue weighted by Crippen LogP contribution is -2.28. The van der Waals surface area contributed by atoms with E-state index in [1.165, 1.54) is 5.56 Å². The molecule has 3 nitrogen and oxygen atoms in total. The Morgan fingerprint density at radius 3 is 2.62 bits per heavy atom. The minimum absolute atomic E-state index is 0.0526. The number of benzene rings is 2. The summed E-state index contributed by atoms with van der Waals surface area (Å²) < 4.78 is 1.10. The molecule has 1 aromatic heterocycles. The van der Waals surface area contributed by atoms with Crippen LogP contribution in [0, 0.1) is 6.92 Å². The minimum atomic E-state index is -0.0526. The highest BCUT2D eigenvalue weighted by atomic mass is 79.9. The molecule has 0 spiro atoms. The maximum absolute atomic E-state index is 5.79. The van der Waals surface area contributed by atoms with E-state index in [2.05, 4.69) is 69.7 Å². The molecule has 0 radical (unpaired) electrons. The fraction of sp³-hybridized carbons (Fsp3) is 0.118. The number of aromatic nitrogens is 1. The Balaban J connectivity index is 2.06. The molecular weight excluding hydrogens is 326 g/mol. The van der Waals surface area contributed by atoms with Gasteiger partial charge in [0.2, 0.25) is 0 Å². The van der Waals surface area contributed by atoms with Gasteiger partial charge in [0, 0.05) is 16.1 Å². The number of fused-ring (bicyclic) bond motifs is 1. The van der Waals surface area contributed by atoms with Crippen molar-refractivity contribution in [2.75, 3.05) is 0 Å². The van der Waals surface area contributed by atoms with Crippen molar-refractivity contribution in [1.82, 2.24) is 10.4 Å². The molecule has 0 saturated carbocycles. The van der Waals surface area contributed by atoms with Gasteiger partial charge >= 0.3 is 0 Å². The van der Waals surface area contributed by atoms with Gasteiger partial charge in [-0.25, -0.2) is 5.43 Å². The first kappa shape index (κ1) is 14.2.